The van der Waals surface area contributed by atoms with Crippen molar-refractivity contribution in [1.29, 1.82) is 0 Å². The lowest BCUT2D eigenvalue weighted by molar-refractivity contribution is -0.566. The second-order valence-electron chi connectivity index (χ2n) is 7.17. The Kier molecular flexibility index (Phi) is 4.64. The summed E-state index contributed by atoms with van der Waals surface area (Å²) in [5.74, 6) is 0.728. The van der Waals surface area contributed by atoms with Crippen LogP contribution in [0.15, 0.2) is 91.2 Å². The van der Waals surface area contributed by atoms with Gasteiger partial charge in [-0.05, 0) is 36.4 Å². The summed E-state index contributed by atoms with van der Waals surface area (Å²) in [6, 6.07) is 17.3. The van der Waals surface area contributed by atoms with Crippen molar-refractivity contribution in [2.45, 2.75) is 0 Å². The number of hydrogen-bond donors (Lipinski definition) is 2. The molecule has 0 saturated heterocycles. The Balaban J connectivity index is 0.000000139. The lowest BCUT2D eigenvalue weighted by Crippen LogP contribution is -2.31. The van der Waals surface area contributed by atoms with E-state index >= 15 is 0 Å². The van der Waals surface area contributed by atoms with Gasteiger partial charge in [-0.3, -0.25) is 9.59 Å². The Labute approximate surface area is 184 Å². The number of phenols is 2. The van der Waals surface area contributed by atoms with E-state index in [2.05, 4.69) is 4.98 Å². The number of nitrogens with zero attached hydrogens (tertiary/aromatic N) is 2. The van der Waals surface area contributed by atoms with Gasteiger partial charge in [0.25, 0.3) is 11.2 Å². The van der Waals surface area contributed by atoms with Crippen molar-refractivity contribution in [3.8, 4) is 34.4 Å². The molecule has 2 aliphatic heterocycles. The second kappa shape index (κ2) is 7.65. The molecule has 4 aliphatic rings. The van der Waals surface area contributed by atoms with Crippen LogP contribution in [0.1, 0.15) is 0 Å². The van der Waals surface area contributed by atoms with Gasteiger partial charge in [-0.15, -0.1) is 0 Å². The summed E-state index contributed by atoms with van der Waals surface area (Å²) in [5, 5.41) is 30.6. The zero-order chi connectivity index (χ0) is 23.1. The highest BCUT2D eigenvalue weighted by Gasteiger charge is 2.19. The molecule has 0 amide bonds. The minimum absolute atomic E-state index is 0.00104. The molecule has 0 saturated carbocycles. The monoisotopic (exact) mass is 442 g/mol. The maximum absolute atomic E-state index is 12.0. The first-order valence-electron chi connectivity index (χ1n) is 9.70. The third kappa shape index (κ3) is 3.79. The number of fused-ring (bicyclic) bond motifs is 4. The Morgan fingerprint density at radius 1 is 0.727 bits per heavy atom. The van der Waals surface area contributed by atoms with Crippen LogP contribution >= 0.6 is 0 Å². The van der Waals surface area contributed by atoms with E-state index in [1.807, 2.05) is 0 Å². The molecule has 6 rings (SSSR count). The zero-order valence-electron chi connectivity index (χ0n) is 16.8. The van der Waals surface area contributed by atoms with E-state index < -0.39 is 0 Å². The molecule has 2 aromatic rings. The van der Waals surface area contributed by atoms with Crippen LogP contribution in [0, 0.1) is 5.21 Å². The van der Waals surface area contributed by atoms with Crippen molar-refractivity contribution in [3.63, 3.8) is 0 Å². The second-order valence-corrected chi connectivity index (χ2v) is 7.17. The topological polar surface area (TPSA) is 141 Å². The Hall–Kier alpha value is -4.92. The van der Waals surface area contributed by atoms with Crippen LogP contribution in [0.5, 0.6) is 11.5 Å². The van der Waals surface area contributed by atoms with Crippen molar-refractivity contribution >= 4 is 22.2 Å². The SMILES string of the molecule is O=c1ccc2[n+]([O-])c3ccc(O)cc3oc-2c1.O=c1ccc2nc3ccc(O)cc3oc-2c1. The van der Waals surface area contributed by atoms with Crippen LogP contribution in [-0.2, 0) is 0 Å². The van der Waals surface area contributed by atoms with Gasteiger partial charge in [0.2, 0.25) is 11.3 Å². The van der Waals surface area contributed by atoms with Crippen LogP contribution in [0.2, 0.25) is 0 Å². The summed E-state index contributed by atoms with van der Waals surface area (Å²) in [6.07, 6.45) is 0. The number of rotatable bonds is 0. The van der Waals surface area contributed by atoms with Gasteiger partial charge in [0.05, 0.1) is 0 Å². The van der Waals surface area contributed by atoms with Crippen molar-refractivity contribution in [2.24, 2.45) is 0 Å². The molecule has 0 radical (unpaired) electrons. The van der Waals surface area contributed by atoms with Crippen molar-refractivity contribution in [2.75, 3.05) is 0 Å². The maximum Gasteiger partial charge on any atom is 0.260 e. The Bertz CT molecular complexity index is 1700. The van der Waals surface area contributed by atoms with Crippen LogP contribution in [0.25, 0.3) is 45.1 Å². The molecule has 0 bridgehead atoms. The van der Waals surface area contributed by atoms with Crippen molar-refractivity contribution in [1.82, 2.24) is 4.98 Å². The molecule has 2 aromatic carbocycles. The van der Waals surface area contributed by atoms with Crippen LogP contribution in [0.4, 0.5) is 0 Å². The highest BCUT2D eigenvalue weighted by atomic mass is 16.5. The first kappa shape index (κ1) is 20.0. The van der Waals surface area contributed by atoms with Gasteiger partial charge in [-0.2, -0.15) is 4.73 Å². The highest BCUT2D eigenvalue weighted by Crippen LogP contribution is 2.26. The van der Waals surface area contributed by atoms with Gasteiger partial charge < -0.3 is 24.3 Å². The molecular weight excluding hydrogens is 428 g/mol. The van der Waals surface area contributed by atoms with E-state index in [-0.39, 0.29) is 39.4 Å². The molecule has 2 N–H and O–H groups in total. The molecule has 0 atom stereocenters. The first-order chi connectivity index (χ1) is 15.9. The van der Waals surface area contributed by atoms with E-state index in [4.69, 9.17) is 8.83 Å². The Morgan fingerprint density at radius 2 is 1.36 bits per heavy atom. The summed E-state index contributed by atoms with van der Waals surface area (Å²) in [7, 11) is 0. The number of benzene rings is 4. The van der Waals surface area contributed by atoms with E-state index in [0.717, 1.165) is 0 Å². The Morgan fingerprint density at radius 3 is 2.15 bits per heavy atom. The molecule has 9 heteroatoms. The fourth-order valence-electron chi connectivity index (χ4n) is 3.34. The van der Waals surface area contributed by atoms with Crippen LogP contribution in [0.3, 0.4) is 0 Å². The summed E-state index contributed by atoms with van der Waals surface area (Å²) >= 11 is 0. The standard InChI is InChI=1S/C12H7NO4.C12H7NO3/c14-7-1-3-9-11(5-7)17-12-6-8(15)2-4-10(12)13(9)16;14-7-1-3-9-11(5-7)16-12-6-8(15)2-4-10(12)13-9/h1-6,14H;1-6,14H. The third-order valence-corrected chi connectivity index (χ3v) is 4.87. The molecule has 9 nitrogen and oxygen atoms in total. The molecule has 0 aromatic heterocycles. The molecule has 2 heterocycles. The third-order valence-electron chi connectivity index (χ3n) is 4.87. The van der Waals surface area contributed by atoms with Crippen molar-refractivity contribution < 1.29 is 23.8 Å². The minimum atomic E-state index is -0.235. The van der Waals surface area contributed by atoms with E-state index in [0.29, 0.717) is 32.8 Å². The minimum Gasteiger partial charge on any atom is -0.618 e. The van der Waals surface area contributed by atoms with Gasteiger partial charge in [0.1, 0.15) is 22.7 Å². The summed E-state index contributed by atoms with van der Waals surface area (Å²) in [6.45, 7) is 0. The van der Waals surface area contributed by atoms with Crippen LogP contribution in [-0.4, -0.2) is 15.2 Å². The van der Waals surface area contributed by atoms with Gasteiger partial charge in [0.15, 0.2) is 22.2 Å². The lowest BCUT2D eigenvalue weighted by atomic mass is 10.2. The predicted molar refractivity (Wildman–Crippen MR) is 118 cm³/mol. The summed E-state index contributed by atoms with van der Waals surface area (Å²) < 4.78 is 11.6. The largest absolute Gasteiger partial charge is 0.618 e. The average molecular weight is 442 g/mol. The van der Waals surface area contributed by atoms with E-state index in [9.17, 15) is 25.0 Å². The fourth-order valence-corrected chi connectivity index (χ4v) is 3.34. The average Bonchev–Trinajstić information content (AvgIpc) is 2.78. The molecule has 162 valence electrons. The molecule has 2 aliphatic carbocycles. The molecule has 0 fully saturated rings. The number of phenolic OH excluding ortho intramolecular Hbond substituents is 2. The van der Waals surface area contributed by atoms with Gasteiger partial charge in [0, 0.05) is 36.4 Å². The maximum atomic E-state index is 12.0. The van der Waals surface area contributed by atoms with Gasteiger partial charge in [-0.25, -0.2) is 4.98 Å². The van der Waals surface area contributed by atoms with E-state index in [1.54, 1.807) is 18.2 Å². The first-order valence-corrected chi connectivity index (χ1v) is 9.70. The number of aromatic nitrogens is 2. The smallest absolute Gasteiger partial charge is 0.260 e. The highest BCUT2D eigenvalue weighted by molar-refractivity contribution is 5.77. The summed E-state index contributed by atoms with van der Waals surface area (Å²) in [5.41, 5.74) is 2.17. The molecule has 0 spiro atoms. The van der Waals surface area contributed by atoms with Gasteiger partial charge in [-0.1, -0.05) is 0 Å². The number of hydrogen-bond acceptors (Lipinski definition) is 8. The quantitative estimate of drug-likeness (QED) is 0.208. The van der Waals surface area contributed by atoms with Gasteiger partial charge >= 0.3 is 0 Å². The van der Waals surface area contributed by atoms with Crippen LogP contribution < -0.4 is 15.6 Å². The van der Waals surface area contributed by atoms with E-state index in [1.165, 1.54) is 54.6 Å². The summed E-state index contributed by atoms with van der Waals surface area (Å²) in [4.78, 5) is 26.6. The molecular formula is C24H14N2O7. The molecule has 0 unspecified atom stereocenters. The zero-order valence-corrected chi connectivity index (χ0v) is 16.8. The predicted octanol–water partition coefficient (Wildman–Crippen LogP) is 3.24. The number of aromatic hydroxyl groups is 2. The molecule has 33 heavy (non-hydrogen) atoms. The lowest BCUT2D eigenvalue weighted by Gasteiger charge is -2.08. The normalized spacial score (nSPS) is 11.0. The fraction of sp³-hybridized carbons (Fsp3) is 0. The van der Waals surface area contributed by atoms with Crippen molar-refractivity contribution in [3.05, 3.63) is 98.5 Å².